The van der Waals surface area contributed by atoms with Gasteiger partial charge < -0.3 is 19.7 Å². The van der Waals surface area contributed by atoms with E-state index in [1.54, 1.807) is 23.1 Å². The summed E-state index contributed by atoms with van der Waals surface area (Å²) in [4.78, 5) is 14.1. The number of benzene rings is 1. The Balaban J connectivity index is 1.88. The van der Waals surface area contributed by atoms with Crippen molar-refractivity contribution in [2.45, 2.75) is 45.6 Å². The molecule has 1 N–H and O–H groups in total. The van der Waals surface area contributed by atoms with Gasteiger partial charge in [0.2, 0.25) is 5.91 Å². The quantitative estimate of drug-likeness (QED) is 0.863. The molecule has 1 aromatic carbocycles. The minimum absolute atomic E-state index is 0.00355. The van der Waals surface area contributed by atoms with Crippen molar-refractivity contribution in [2.24, 2.45) is 0 Å². The summed E-state index contributed by atoms with van der Waals surface area (Å²) in [5.74, 6) is 0.113. The topological polar surface area (TPSA) is 50.8 Å². The lowest BCUT2D eigenvalue weighted by Crippen LogP contribution is -2.50. The minimum atomic E-state index is -2.85. The van der Waals surface area contributed by atoms with Gasteiger partial charge in [0, 0.05) is 19.1 Å². The number of ether oxygens (including phenoxy) is 2. The molecule has 0 aliphatic carbocycles. The Hall–Kier alpha value is -1.73. The van der Waals surface area contributed by atoms with Gasteiger partial charge in [0.05, 0.1) is 18.8 Å². The number of carbonyl (C=O) groups is 1. The number of nitrogens with zero attached hydrogens (tertiary/aromatic N) is 1. The summed E-state index contributed by atoms with van der Waals surface area (Å²) in [6, 6.07) is 6.32. The second-order valence-electron chi connectivity index (χ2n) is 6.11. The van der Waals surface area contributed by atoms with Crippen LogP contribution in [0.2, 0.25) is 0 Å². The first kappa shape index (κ1) is 18.6. The SMILES string of the molecule is C[C@@H]1CN(C(=O)CN[C@H](C)c2cccc(OC(F)F)c2)C[C@@H](C)O1. The fraction of sp³-hybridized carbons (Fsp3) is 0.588. The summed E-state index contributed by atoms with van der Waals surface area (Å²) >= 11 is 0. The number of morpholine rings is 1. The molecule has 1 aliphatic rings. The Bertz CT molecular complexity index is 546. The molecule has 0 aromatic heterocycles. The fourth-order valence-corrected chi connectivity index (χ4v) is 2.81. The van der Waals surface area contributed by atoms with Gasteiger partial charge in [-0.3, -0.25) is 4.79 Å². The first-order chi connectivity index (χ1) is 11.3. The van der Waals surface area contributed by atoms with Crippen molar-refractivity contribution in [1.82, 2.24) is 10.2 Å². The molecule has 1 amide bonds. The summed E-state index contributed by atoms with van der Waals surface area (Å²) in [6.45, 7) is 4.25. The summed E-state index contributed by atoms with van der Waals surface area (Å²) in [5.41, 5.74) is 0.782. The van der Waals surface area contributed by atoms with E-state index in [1.165, 1.54) is 6.07 Å². The van der Waals surface area contributed by atoms with Crippen molar-refractivity contribution in [3.63, 3.8) is 0 Å². The monoisotopic (exact) mass is 342 g/mol. The first-order valence-electron chi connectivity index (χ1n) is 8.06. The molecule has 1 heterocycles. The molecule has 0 unspecified atom stereocenters. The summed E-state index contributed by atoms with van der Waals surface area (Å²) in [7, 11) is 0. The normalized spacial score (nSPS) is 22.5. The van der Waals surface area contributed by atoms with Crippen molar-refractivity contribution in [3.05, 3.63) is 29.8 Å². The van der Waals surface area contributed by atoms with Gasteiger partial charge in [0.25, 0.3) is 0 Å². The van der Waals surface area contributed by atoms with Gasteiger partial charge in [0.15, 0.2) is 0 Å². The molecule has 0 spiro atoms. The number of hydrogen-bond acceptors (Lipinski definition) is 4. The molecule has 1 aromatic rings. The highest BCUT2D eigenvalue weighted by Gasteiger charge is 2.25. The molecule has 5 nitrogen and oxygen atoms in total. The van der Waals surface area contributed by atoms with Crippen LogP contribution >= 0.6 is 0 Å². The highest BCUT2D eigenvalue weighted by Crippen LogP contribution is 2.20. The average molecular weight is 342 g/mol. The van der Waals surface area contributed by atoms with Crippen LogP contribution in [0.1, 0.15) is 32.4 Å². The lowest BCUT2D eigenvalue weighted by Gasteiger charge is -2.35. The number of rotatable bonds is 6. The Morgan fingerprint density at radius 2 is 2.04 bits per heavy atom. The van der Waals surface area contributed by atoms with Crippen LogP contribution in [0.3, 0.4) is 0 Å². The molecule has 134 valence electrons. The number of carbonyl (C=O) groups excluding carboxylic acids is 1. The molecule has 3 atom stereocenters. The van der Waals surface area contributed by atoms with Crippen LogP contribution in [-0.2, 0) is 9.53 Å². The molecule has 0 bridgehead atoms. The van der Waals surface area contributed by atoms with E-state index in [2.05, 4.69) is 10.1 Å². The van der Waals surface area contributed by atoms with Crippen molar-refractivity contribution in [3.8, 4) is 5.75 Å². The zero-order chi connectivity index (χ0) is 17.7. The van der Waals surface area contributed by atoms with Crippen LogP contribution in [-0.4, -0.2) is 49.3 Å². The van der Waals surface area contributed by atoms with E-state index in [9.17, 15) is 13.6 Å². The molecule has 1 aliphatic heterocycles. The predicted molar refractivity (Wildman–Crippen MR) is 86.1 cm³/mol. The van der Waals surface area contributed by atoms with E-state index in [0.717, 1.165) is 5.56 Å². The zero-order valence-corrected chi connectivity index (χ0v) is 14.2. The van der Waals surface area contributed by atoms with Gasteiger partial charge in [-0.15, -0.1) is 0 Å². The Morgan fingerprint density at radius 1 is 1.38 bits per heavy atom. The van der Waals surface area contributed by atoms with Gasteiger partial charge in [-0.2, -0.15) is 8.78 Å². The van der Waals surface area contributed by atoms with Gasteiger partial charge in [-0.1, -0.05) is 12.1 Å². The van der Waals surface area contributed by atoms with E-state index in [1.807, 2.05) is 20.8 Å². The van der Waals surface area contributed by atoms with Crippen molar-refractivity contribution >= 4 is 5.91 Å². The lowest BCUT2D eigenvalue weighted by molar-refractivity contribution is -0.142. The van der Waals surface area contributed by atoms with Crippen molar-refractivity contribution in [1.29, 1.82) is 0 Å². The summed E-state index contributed by atoms with van der Waals surface area (Å²) in [6.07, 6.45) is 0.0524. The number of amides is 1. The standard InChI is InChI=1S/C17H24F2N2O3/c1-11-9-21(10-12(2)23-11)16(22)8-20-13(3)14-5-4-6-15(7-14)24-17(18)19/h4-7,11-13,17,20H,8-10H2,1-3H3/t11-,12-,13-/m1/s1. The number of hydrogen-bond donors (Lipinski definition) is 1. The Kier molecular flexibility index (Phi) is 6.51. The van der Waals surface area contributed by atoms with Gasteiger partial charge in [-0.05, 0) is 38.5 Å². The third kappa shape index (κ3) is 5.42. The van der Waals surface area contributed by atoms with E-state index >= 15 is 0 Å². The van der Waals surface area contributed by atoms with E-state index in [-0.39, 0.29) is 36.5 Å². The molecule has 24 heavy (non-hydrogen) atoms. The molecule has 2 rings (SSSR count). The third-order valence-corrected chi connectivity index (χ3v) is 3.92. The predicted octanol–water partition coefficient (Wildman–Crippen LogP) is 2.57. The van der Waals surface area contributed by atoms with Crippen LogP contribution in [0.15, 0.2) is 24.3 Å². The Labute approximate surface area is 140 Å². The molecule has 0 saturated carbocycles. The number of halogens is 2. The highest BCUT2D eigenvalue weighted by atomic mass is 19.3. The maximum absolute atomic E-state index is 12.3. The average Bonchev–Trinajstić information content (AvgIpc) is 2.51. The van der Waals surface area contributed by atoms with Crippen LogP contribution < -0.4 is 10.1 Å². The molecular weight excluding hydrogens is 318 g/mol. The largest absolute Gasteiger partial charge is 0.435 e. The van der Waals surface area contributed by atoms with Crippen LogP contribution in [0.25, 0.3) is 0 Å². The van der Waals surface area contributed by atoms with Crippen LogP contribution in [0.5, 0.6) is 5.75 Å². The molecular formula is C17H24F2N2O3. The third-order valence-electron chi connectivity index (χ3n) is 3.92. The van der Waals surface area contributed by atoms with E-state index < -0.39 is 6.61 Å². The van der Waals surface area contributed by atoms with Crippen LogP contribution in [0, 0.1) is 0 Å². The van der Waals surface area contributed by atoms with Crippen molar-refractivity contribution < 1.29 is 23.0 Å². The minimum Gasteiger partial charge on any atom is -0.435 e. The lowest BCUT2D eigenvalue weighted by atomic mass is 10.1. The Morgan fingerprint density at radius 3 is 2.67 bits per heavy atom. The van der Waals surface area contributed by atoms with Gasteiger partial charge in [0.1, 0.15) is 5.75 Å². The summed E-state index contributed by atoms with van der Waals surface area (Å²) in [5, 5.41) is 3.13. The molecule has 0 radical (unpaired) electrons. The van der Waals surface area contributed by atoms with Crippen LogP contribution in [0.4, 0.5) is 8.78 Å². The maximum atomic E-state index is 12.3. The fourth-order valence-electron chi connectivity index (χ4n) is 2.81. The molecule has 1 saturated heterocycles. The smallest absolute Gasteiger partial charge is 0.387 e. The molecule has 7 heteroatoms. The van der Waals surface area contributed by atoms with E-state index in [4.69, 9.17) is 4.74 Å². The zero-order valence-electron chi connectivity index (χ0n) is 14.2. The van der Waals surface area contributed by atoms with E-state index in [0.29, 0.717) is 13.1 Å². The maximum Gasteiger partial charge on any atom is 0.387 e. The van der Waals surface area contributed by atoms with Gasteiger partial charge >= 0.3 is 6.61 Å². The highest BCUT2D eigenvalue weighted by molar-refractivity contribution is 5.78. The number of nitrogens with one attached hydrogen (secondary N) is 1. The second kappa shape index (κ2) is 8.39. The first-order valence-corrected chi connectivity index (χ1v) is 8.06. The van der Waals surface area contributed by atoms with Gasteiger partial charge in [-0.25, -0.2) is 0 Å². The molecule has 1 fully saturated rings. The summed E-state index contributed by atoms with van der Waals surface area (Å²) < 4.78 is 34.6. The van der Waals surface area contributed by atoms with Crippen molar-refractivity contribution in [2.75, 3.05) is 19.6 Å². The number of alkyl halides is 2. The second-order valence-corrected chi connectivity index (χ2v) is 6.11.